The van der Waals surface area contributed by atoms with E-state index >= 15 is 0 Å². The summed E-state index contributed by atoms with van der Waals surface area (Å²) in [4.78, 5) is 14.3. The number of carbonyl (C=O) groups is 1. The first kappa shape index (κ1) is 17.1. The van der Waals surface area contributed by atoms with Gasteiger partial charge in [0.15, 0.2) is 0 Å². The lowest BCUT2D eigenvalue weighted by molar-refractivity contribution is -0.118. The van der Waals surface area contributed by atoms with Crippen LogP contribution in [0.4, 0.5) is 5.69 Å². The molecule has 1 amide bonds. The van der Waals surface area contributed by atoms with Crippen LogP contribution < -0.4 is 15.8 Å². The number of hydrogen-bond acceptors (Lipinski definition) is 4. The second kappa shape index (κ2) is 6.86. The fourth-order valence-corrected chi connectivity index (χ4v) is 3.03. The summed E-state index contributed by atoms with van der Waals surface area (Å²) in [5.74, 6) is 0.541. The summed E-state index contributed by atoms with van der Waals surface area (Å²) in [5, 5.41) is 3.35. The average molecular weight is 326 g/mol. The van der Waals surface area contributed by atoms with Gasteiger partial charge in [-0.25, -0.2) is 0 Å². The number of halogens is 1. The van der Waals surface area contributed by atoms with Gasteiger partial charge in [0.1, 0.15) is 5.75 Å². The van der Waals surface area contributed by atoms with E-state index in [1.54, 1.807) is 25.3 Å². The number of nitrogens with two attached hydrogens (primary N) is 1. The number of hydrogen-bond donors (Lipinski definition) is 2. The van der Waals surface area contributed by atoms with Crippen LogP contribution in [0.5, 0.6) is 5.75 Å². The smallest absolute Gasteiger partial charge is 0.238 e. The van der Waals surface area contributed by atoms with Crippen molar-refractivity contribution in [2.75, 3.05) is 32.1 Å². The van der Waals surface area contributed by atoms with Gasteiger partial charge in [-0.3, -0.25) is 9.69 Å². The van der Waals surface area contributed by atoms with Crippen molar-refractivity contribution in [1.82, 2.24) is 4.90 Å². The van der Waals surface area contributed by atoms with E-state index in [1.165, 1.54) is 0 Å². The summed E-state index contributed by atoms with van der Waals surface area (Å²) in [5.41, 5.74) is 6.82. The van der Waals surface area contributed by atoms with Gasteiger partial charge in [-0.05, 0) is 30.0 Å². The van der Waals surface area contributed by atoms with E-state index in [4.69, 9.17) is 22.1 Å². The molecule has 2 rings (SSSR count). The zero-order valence-corrected chi connectivity index (χ0v) is 14.1. The highest BCUT2D eigenvalue weighted by Crippen LogP contribution is 2.28. The Balaban J connectivity index is 1.92. The zero-order chi connectivity index (χ0) is 16.3. The number of methoxy groups -OCH3 is 1. The number of anilines is 1. The highest BCUT2D eigenvalue weighted by atomic mass is 35.5. The Morgan fingerprint density at radius 1 is 1.55 bits per heavy atom. The van der Waals surface area contributed by atoms with Crippen LogP contribution in [0.15, 0.2) is 18.2 Å². The van der Waals surface area contributed by atoms with Crippen molar-refractivity contribution < 1.29 is 9.53 Å². The van der Waals surface area contributed by atoms with Crippen LogP contribution in [0.3, 0.4) is 0 Å². The molecular weight excluding hydrogens is 302 g/mol. The Morgan fingerprint density at radius 3 is 2.86 bits per heavy atom. The number of carbonyl (C=O) groups excluding carboxylic acids is 1. The van der Waals surface area contributed by atoms with Crippen LogP contribution in [0.2, 0.25) is 5.02 Å². The highest BCUT2D eigenvalue weighted by Gasteiger charge is 2.33. The number of benzene rings is 1. The Morgan fingerprint density at radius 2 is 2.27 bits per heavy atom. The molecule has 1 aromatic carbocycles. The van der Waals surface area contributed by atoms with E-state index in [0.29, 0.717) is 23.0 Å². The largest absolute Gasteiger partial charge is 0.495 e. The minimum Gasteiger partial charge on any atom is -0.495 e. The molecule has 1 aliphatic rings. The number of ether oxygens (including phenoxy) is 1. The Labute approximate surface area is 136 Å². The maximum Gasteiger partial charge on any atom is 0.238 e. The Hall–Kier alpha value is -1.30. The standard InChI is InChI=1S/C16H24ClN3O2/c1-16(2)10-20(7-6-14(16)18)9-15(21)19-11-4-5-13(22-3)12(17)8-11/h4-5,8,14H,6-7,9-10,18H2,1-3H3,(H,19,21). The monoisotopic (exact) mass is 325 g/mol. The molecule has 1 fully saturated rings. The molecule has 1 saturated heterocycles. The number of nitrogens with one attached hydrogen (secondary N) is 1. The molecular formula is C16H24ClN3O2. The third kappa shape index (κ3) is 4.12. The van der Waals surface area contributed by atoms with Crippen LogP contribution in [0.25, 0.3) is 0 Å². The summed E-state index contributed by atoms with van der Waals surface area (Å²) in [6.45, 7) is 6.32. The van der Waals surface area contributed by atoms with Crippen LogP contribution in [0, 0.1) is 5.41 Å². The molecule has 1 atom stereocenters. The van der Waals surface area contributed by atoms with Crippen LogP contribution in [0.1, 0.15) is 20.3 Å². The third-order valence-corrected chi connectivity index (χ3v) is 4.49. The number of likely N-dealkylation sites (tertiary alicyclic amines) is 1. The summed E-state index contributed by atoms with van der Waals surface area (Å²) in [7, 11) is 1.56. The molecule has 1 heterocycles. The van der Waals surface area contributed by atoms with E-state index < -0.39 is 0 Å². The van der Waals surface area contributed by atoms with Crippen molar-refractivity contribution in [2.24, 2.45) is 11.1 Å². The lowest BCUT2D eigenvalue weighted by Crippen LogP contribution is -2.53. The third-order valence-electron chi connectivity index (χ3n) is 4.19. The van der Waals surface area contributed by atoms with Gasteiger partial charge >= 0.3 is 0 Å². The molecule has 0 aliphatic carbocycles. The second-order valence-corrected chi connectivity index (χ2v) is 6.90. The first-order valence-electron chi connectivity index (χ1n) is 7.43. The molecule has 1 aromatic rings. The molecule has 0 saturated carbocycles. The molecule has 0 radical (unpaired) electrons. The highest BCUT2D eigenvalue weighted by molar-refractivity contribution is 6.32. The molecule has 1 unspecified atom stereocenters. The van der Waals surface area contributed by atoms with E-state index in [0.717, 1.165) is 19.5 Å². The quantitative estimate of drug-likeness (QED) is 0.891. The van der Waals surface area contributed by atoms with Gasteiger partial charge < -0.3 is 15.8 Å². The average Bonchev–Trinajstić information content (AvgIpc) is 2.43. The lowest BCUT2D eigenvalue weighted by Gasteiger charge is -2.42. The van der Waals surface area contributed by atoms with E-state index in [9.17, 15) is 4.79 Å². The first-order valence-corrected chi connectivity index (χ1v) is 7.81. The predicted molar refractivity (Wildman–Crippen MR) is 89.4 cm³/mol. The first-order chi connectivity index (χ1) is 10.3. The van der Waals surface area contributed by atoms with Crippen molar-refractivity contribution in [3.8, 4) is 5.75 Å². The van der Waals surface area contributed by atoms with Gasteiger partial charge in [-0.1, -0.05) is 25.4 Å². The van der Waals surface area contributed by atoms with Gasteiger partial charge in [0.25, 0.3) is 0 Å². The topological polar surface area (TPSA) is 67.6 Å². The molecule has 0 aromatic heterocycles. The van der Waals surface area contributed by atoms with Crippen molar-refractivity contribution in [3.63, 3.8) is 0 Å². The molecule has 6 heteroatoms. The van der Waals surface area contributed by atoms with E-state index in [2.05, 4.69) is 24.1 Å². The molecule has 0 spiro atoms. The fourth-order valence-electron chi connectivity index (χ4n) is 2.77. The van der Waals surface area contributed by atoms with Crippen LogP contribution in [-0.4, -0.2) is 43.6 Å². The van der Waals surface area contributed by atoms with Gasteiger partial charge in [0, 0.05) is 24.8 Å². The van der Waals surface area contributed by atoms with Crippen molar-refractivity contribution >= 4 is 23.2 Å². The summed E-state index contributed by atoms with van der Waals surface area (Å²) in [6, 6.07) is 5.39. The molecule has 22 heavy (non-hydrogen) atoms. The zero-order valence-electron chi connectivity index (χ0n) is 13.4. The number of rotatable bonds is 4. The Bertz CT molecular complexity index is 548. The summed E-state index contributed by atoms with van der Waals surface area (Å²) >= 11 is 6.06. The Kier molecular flexibility index (Phi) is 5.32. The van der Waals surface area contributed by atoms with Crippen molar-refractivity contribution in [2.45, 2.75) is 26.3 Å². The molecule has 0 bridgehead atoms. The number of amides is 1. The minimum absolute atomic E-state index is 0.0297. The minimum atomic E-state index is -0.0486. The van der Waals surface area contributed by atoms with Crippen molar-refractivity contribution in [3.05, 3.63) is 23.2 Å². The van der Waals surface area contributed by atoms with E-state index in [-0.39, 0.29) is 17.4 Å². The maximum absolute atomic E-state index is 12.2. The number of piperidine rings is 1. The van der Waals surface area contributed by atoms with Gasteiger partial charge in [0.2, 0.25) is 5.91 Å². The van der Waals surface area contributed by atoms with Gasteiger partial charge in [-0.15, -0.1) is 0 Å². The maximum atomic E-state index is 12.2. The SMILES string of the molecule is COc1ccc(NC(=O)CN2CCC(N)C(C)(C)C2)cc1Cl. The van der Waals surface area contributed by atoms with Crippen LogP contribution >= 0.6 is 11.6 Å². The van der Waals surface area contributed by atoms with Gasteiger partial charge in [-0.2, -0.15) is 0 Å². The van der Waals surface area contributed by atoms with Crippen LogP contribution in [-0.2, 0) is 4.79 Å². The fraction of sp³-hybridized carbons (Fsp3) is 0.562. The molecule has 3 N–H and O–H groups in total. The summed E-state index contributed by atoms with van der Waals surface area (Å²) < 4.78 is 5.09. The molecule has 1 aliphatic heterocycles. The van der Waals surface area contributed by atoms with Gasteiger partial charge in [0.05, 0.1) is 18.7 Å². The molecule has 122 valence electrons. The second-order valence-electron chi connectivity index (χ2n) is 6.49. The van der Waals surface area contributed by atoms with Crippen molar-refractivity contribution in [1.29, 1.82) is 0 Å². The normalized spacial score (nSPS) is 21.4. The van der Waals surface area contributed by atoms with E-state index in [1.807, 2.05) is 0 Å². The lowest BCUT2D eigenvalue weighted by atomic mass is 9.80. The predicted octanol–water partition coefficient (Wildman–Crippen LogP) is 2.35. The number of nitrogens with zero attached hydrogens (tertiary/aromatic N) is 1. The summed E-state index contributed by atoms with van der Waals surface area (Å²) in [6.07, 6.45) is 0.911. The molecule has 5 nitrogen and oxygen atoms in total.